The SMILES string of the molecule is Cc1cc(C)c(C)c(C(Br)C(C)C(C)C)c1C. The van der Waals surface area contributed by atoms with Crippen molar-refractivity contribution in [2.45, 2.75) is 53.3 Å². The Kier molecular flexibility index (Phi) is 4.83. The van der Waals surface area contributed by atoms with Gasteiger partial charge in [-0.2, -0.15) is 0 Å². The Morgan fingerprint density at radius 2 is 1.29 bits per heavy atom. The minimum absolute atomic E-state index is 0.459. The van der Waals surface area contributed by atoms with Crippen LogP contribution in [0, 0.1) is 39.5 Å². The van der Waals surface area contributed by atoms with Gasteiger partial charge in [-0.3, -0.25) is 0 Å². The second kappa shape index (κ2) is 5.56. The average Bonchev–Trinajstić information content (AvgIpc) is 2.25. The number of hydrogen-bond acceptors (Lipinski definition) is 0. The molecule has 0 nitrogen and oxygen atoms in total. The molecule has 1 heteroatoms. The van der Waals surface area contributed by atoms with Gasteiger partial charge >= 0.3 is 0 Å². The molecule has 0 heterocycles. The topological polar surface area (TPSA) is 0 Å². The summed E-state index contributed by atoms with van der Waals surface area (Å²) in [5.74, 6) is 1.34. The smallest absolute Gasteiger partial charge is 0.0428 e. The van der Waals surface area contributed by atoms with Crippen molar-refractivity contribution < 1.29 is 0 Å². The van der Waals surface area contributed by atoms with Gasteiger partial charge in [0.1, 0.15) is 0 Å². The Hall–Kier alpha value is -0.300. The quantitative estimate of drug-likeness (QED) is 0.632. The first kappa shape index (κ1) is 14.8. The summed E-state index contributed by atoms with van der Waals surface area (Å²) in [5.41, 5.74) is 7.21. The molecule has 0 amide bonds. The van der Waals surface area contributed by atoms with Crippen LogP contribution in [0.5, 0.6) is 0 Å². The van der Waals surface area contributed by atoms with E-state index in [9.17, 15) is 0 Å². The summed E-state index contributed by atoms with van der Waals surface area (Å²) in [7, 11) is 0. The average molecular weight is 297 g/mol. The monoisotopic (exact) mass is 296 g/mol. The van der Waals surface area contributed by atoms with E-state index in [2.05, 4.69) is 70.5 Å². The maximum atomic E-state index is 3.92. The number of benzene rings is 1. The van der Waals surface area contributed by atoms with Crippen molar-refractivity contribution in [3.8, 4) is 0 Å². The third-order valence-electron chi connectivity index (χ3n) is 4.21. The van der Waals surface area contributed by atoms with E-state index in [0.717, 1.165) is 0 Å². The fourth-order valence-corrected chi connectivity index (χ4v) is 3.56. The molecule has 2 atom stereocenters. The number of halogens is 1. The summed E-state index contributed by atoms with van der Waals surface area (Å²) < 4.78 is 0. The van der Waals surface area contributed by atoms with Gasteiger partial charge in [-0.05, 0) is 67.3 Å². The standard InChI is InChI=1S/C16H25Br/c1-9(2)12(5)16(17)15-13(6)10(3)8-11(4)14(15)7/h8-9,12,16H,1-7H3. The maximum absolute atomic E-state index is 3.92. The van der Waals surface area contributed by atoms with E-state index in [0.29, 0.717) is 16.7 Å². The van der Waals surface area contributed by atoms with Crippen molar-refractivity contribution in [3.05, 3.63) is 33.9 Å². The van der Waals surface area contributed by atoms with Gasteiger partial charge in [0.05, 0.1) is 0 Å². The van der Waals surface area contributed by atoms with Crippen LogP contribution in [0.2, 0.25) is 0 Å². The Bertz CT molecular complexity index is 378. The minimum atomic E-state index is 0.459. The van der Waals surface area contributed by atoms with Gasteiger partial charge in [0.15, 0.2) is 0 Å². The summed E-state index contributed by atoms with van der Waals surface area (Å²) >= 11 is 3.92. The Labute approximate surface area is 115 Å². The third kappa shape index (κ3) is 2.93. The molecule has 0 saturated carbocycles. The van der Waals surface area contributed by atoms with Crippen LogP contribution in [0.15, 0.2) is 6.07 Å². The van der Waals surface area contributed by atoms with Gasteiger partial charge in [0.25, 0.3) is 0 Å². The van der Waals surface area contributed by atoms with Crippen molar-refractivity contribution in [1.29, 1.82) is 0 Å². The van der Waals surface area contributed by atoms with Crippen molar-refractivity contribution in [2.24, 2.45) is 11.8 Å². The van der Waals surface area contributed by atoms with Crippen LogP contribution in [0.4, 0.5) is 0 Å². The van der Waals surface area contributed by atoms with Crippen LogP contribution >= 0.6 is 15.9 Å². The minimum Gasteiger partial charge on any atom is -0.0836 e. The van der Waals surface area contributed by atoms with E-state index in [4.69, 9.17) is 0 Å². The first-order chi connectivity index (χ1) is 7.77. The summed E-state index contributed by atoms with van der Waals surface area (Å²) in [6.07, 6.45) is 0. The maximum Gasteiger partial charge on any atom is 0.0428 e. The fourth-order valence-electron chi connectivity index (χ4n) is 2.26. The summed E-state index contributed by atoms with van der Waals surface area (Å²) in [5, 5.41) is 0. The largest absolute Gasteiger partial charge is 0.0836 e. The predicted molar refractivity (Wildman–Crippen MR) is 81.1 cm³/mol. The molecule has 0 spiro atoms. The van der Waals surface area contributed by atoms with E-state index in [-0.39, 0.29) is 0 Å². The van der Waals surface area contributed by atoms with Gasteiger partial charge < -0.3 is 0 Å². The molecule has 17 heavy (non-hydrogen) atoms. The highest BCUT2D eigenvalue weighted by atomic mass is 79.9. The molecule has 96 valence electrons. The molecule has 0 aliphatic heterocycles. The Balaban J connectivity index is 3.30. The lowest BCUT2D eigenvalue weighted by Crippen LogP contribution is -2.13. The highest BCUT2D eigenvalue weighted by molar-refractivity contribution is 9.09. The van der Waals surface area contributed by atoms with Gasteiger partial charge in [-0.1, -0.05) is 42.8 Å². The second-order valence-corrected chi connectivity index (χ2v) is 6.67. The zero-order valence-corrected chi connectivity index (χ0v) is 13.8. The summed E-state index contributed by atoms with van der Waals surface area (Å²) in [6.45, 7) is 15.9. The molecule has 1 rings (SSSR count). The lowest BCUT2D eigenvalue weighted by molar-refractivity contribution is 0.413. The fraction of sp³-hybridized carbons (Fsp3) is 0.625. The molecule has 0 aromatic heterocycles. The normalized spacial score (nSPS) is 15.1. The zero-order chi connectivity index (χ0) is 13.3. The third-order valence-corrected chi connectivity index (χ3v) is 5.50. The van der Waals surface area contributed by atoms with Crippen molar-refractivity contribution in [3.63, 3.8) is 0 Å². The van der Waals surface area contributed by atoms with E-state index in [1.54, 1.807) is 0 Å². The number of aryl methyl sites for hydroxylation is 2. The number of hydrogen-bond donors (Lipinski definition) is 0. The molecule has 0 saturated heterocycles. The molecule has 0 N–H and O–H groups in total. The molecule has 1 aromatic carbocycles. The summed E-state index contributed by atoms with van der Waals surface area (Å²) in [6, 6.07) is 2.30. The van der Waals surface area contributed by atoms with Crippen molar-refractivity contribution in [1.82, 2.24) is 0 Å². The molecule has 0 fully saturated rings. The van der Waals surface area contributed by atoms with Crippen LogP contribution in [0.25, 0.3) is 0 Å². The number of rotatable bonds is 3. The predicted octanol–water partition coefficient (Wildman–Crippen LogP) is 5.65. The van der Waals surface area contributed by atoms with E-state index in [1.807, 2.05) is 0 Å². The van der Waals surface area contributed by atoms with Crippen LogP contribution in [-0.4, -0.2) is 0 Å². The van der Waals surface area contributed by atoms with Crippen LogP contribution < -0.4 is 0 Å². The molecular formula is C16H25Br. The zero-order valence-electron chi connectivity index (χ0n) is 12.2. The van der Waals surface area contributed by atoms with Crippen molar-refractivity contribution in [2.75, 3.05) is 0 Å². The first-order valence-electron chi connectivity index (χ1n) is 6.48. The molecule has 0 bridgehead atoms. The number of alkyl halides is 1. The summed E-state index contributed by atoms with van der Waals surface area (Å²) in [4.78, 5) is 0.459. The van der Waals surface area contributed by atoms with Gasteiger partial charge in [0.2, 0.25) is 0 Å². The lowest BCUT2D eigenvalue weighted by Gasteiger charge is -2.27. The van der Waals surface area contributed by atoms with Gasteiger partial charge in [0, 0.05) is 4.83 Å². The Morgan fingerprint density at radius 3 is 1.65 bits per heavy atom. The molecule has 0 aliphatic carbocycles. The highest BCUT2D eigenvalue weighted by Gasteiger charge is 2.23. The molecule has 0 aliphatic rings. The van der Waals surface area contributed by atoms with E-state index >= 15 is 0 Å². The lowest BCUT2D eigenvalue weighted by atomic mass is 9.84. The van der Waals surface area contributed by atoms with E-state index < -0.39 is 0 Å². The van der Waals surface area contributed by atoms with Gasteiger partial charge in [-0.15, -0.1) is 0 Å². The molecule has 0 radical (unpaired) electrons. The molecule has 1 aromatic rings. The van der Waals surface area contributed by atoms with Crippen LogP contribution in [0.3, 0.4) is 0 Å². The van der Waals surface area contributed by atoms with Crippen LogP contribution in [-0.2, 0) is 0 Å². The van der Waals surface area contributed by atoms with E-state index in [1.165, 1.54) is 27.8 Å². The highest BCUT2D eigenvalue weighted by Crippen LogP contribution is 2.40. The molecular weight excluding hydrogens is 272 g/mol. The molecule has 2 unspecified atom stereocenters. The second-order valence-electron chi connectivity index (χ2n) is 5.68. The first-order valence-corrected chi connectivity index (χ1v) is 7.40. The van der Waals surface area contributed by atoms with Crippen molar-refractivity contribution >= 4 is 15.9 Å². The Morgan fingerprint density at radius 1 is 0.882 bits per heavy atom. The van der Waals surface area contributed by atoms with Gasteiger partial charge in [-0.25, -0.2) is 0 Å². The van der Waals surface area contributed by atoms with Crippen LogP contribution in [0.1, 0.15) is 53.4 Å².